The molecule has 0 heterocycles. The molecule has 0 spiro atoms. The molecule has 0 aliphatic carbocycles. The molecule has 4 nitrogen and oxygen atoms in total. The van der Waals surface area contributed by atoms with Crippen LogP contribution in [0.15, 0.2) is 54.6 Å². The summed E-state index contributed by atoms with van der Waals surface area (Å²) in [5.41, 5.74) is 1.51. The molecule has 0 fully saturated rings. The molecule has 0 saturated heterocycles. The van der Waals surface area contributed by atoms with Gasteiger partial charge in [0, 0.05) is 25.9 Å². The summed E-state index contributed by atoms with van der Waals surface area (Å²) in [5.74, 6) is -0.508. The van der Waals surface area contributed by atoms with Crippen LogP contribution in [0.1, 0.15) is 33.8 Å². The maximum absolute atomic E-state index is 13.3. The first-order chi connectivity index (χ1) is 14.0. The molecule has 0 radical (unpaired) electrons. The average molecular weight is 425 g/mol. The zero-order valence-corrected chi connectivity index (χ0v) is 17.2. The van der Waals surface area contributed by atoms with Crippen molar-refractivity contribution in [1.29, 1.82) is 5.26 Å². The molecule has 1 amide bonds. The van der Waals surface area contributed by atoms with Crippen LogP contribution in [0.4, 0.5) is 0 Å². The lowest BCUT2D eigenvalue weighted by Gasteiger charge is -2.24. The second-order valence-electron chi connectivity index (χ2n) is 6.78. The topological polar surface area (TPSA) is 61.2 Å². The Morgan fingerprint density at radius 1 is 1.14 bits per heavy atom. The maximum Gasteiger partial charge on any atom is 0.255 e. The lowest BCUT2D eigenvalue weighted by molar-refractivity contribution is -0.108. The fourth-order valence-electron chi connectivity index (χ4n) is 3.40. The van der Waals surface area contributed by atoms with Gasteiger partial charge in [-0.2, -0.15) is 5.26 Å². The van der Waals surface area contributed by atoms with Crippen LogP contribution >= 0.6 is 23.2 Å². The van der Waals surface area contributed by atoms with Crippen LogP contribution < -0.4 is 0 Å². The Morgan fingerprint density at radius 3 is 2.59 bits per heavy atom. The molecule has 146 valence electrons. The van der Waals surface area contributed by atoms with E-state index < -0.39 is 0 Å². The highest BCUT2D eigenvalue weighted by Crippen LogP contribution is 2.29. The Morgan fingerprint density at radius 2 is 1.90 bits per heavy atom. The van der Waals surface area contributed by atoms with Crippen molar-refractivity contribution in [3.05, 3.63) is 81.3 Å². The first kappa shape index (κ1) is 20.9. The van der Waals surface area contributed by atoms with E-state index in [1.165, 1.54) is 0 Å². The fraction of sp³-hybridized carbons (Fsp3) is 0.174. The fourth-order valence-corrected chi connectivity index (χ4v) is 3.70. The Bertz CT molecular complexity index is 1120. The van der Waals surface area contributed by atoms with Gasteiger partial charge in [0.05, 0.1) is 27.2 Å². The number of nitrogens with zero attached hydrogens (tertiary/aromatic N) is 2. The molecule has 0 aliphatic rings. The largest absolute Gasteiger partial charge is 0.341 e. The zero-order valence-electron chi connectivity index (χ0n) is 15.7. The SMILES string of the molecule is CN(C[C@@H](CC=O)c1ccc(Cl)c(Cl)c1)C(=O)c1c(C#N)ccc2ccccc12. The predicted molar refractivity (Wildman–Crippen MR) is 116 cm³/mol. The number of likely N-dealkylation sites (N-methyl/N-ethyl adjacent to an activating group) is 1. The quantitative estimate of drug-likeness (QED) is 0.493. The van der Waals surface area contributed by atoms with E-state index in [1.54, 1.807) is 36.2 Å². The summed E-state index contributed by atoms with van der Waals surface area (Å²) in [4.78, 5) is 26.0. The van der Waals surface area contributed by atoms with E-state index in [0.29, 0.717) is 27.7 Å². The van der Waals surface area contributed by atoms with Crippen molar-refractivity contribution in [3.63, 3.8) is 0 Å². The van der Waals surface area contributed by atoms with E-state index in [9.17, 15) is 14.9 Å². The number of halogens is 2. The summed E-state index contributed by atoms with van der Waals surface area (Å²) in [5, 5.41) is 12.0. The smallest absolute Gasteiger partial charge is 0.255 e. The van der Waals surface area contributed by atoms with Gasteiger partial charge in [-0.3, -0.25) is 4.79 Å². The van der Waals surface area contributed by atoms with Crippen LogP contribution in [-0.2, 0) is 4.79 Å². The molecule has 0 saturated carbocycles. The van der Waals surface area contributed by atoms with Gasteiger partial charge in [-0.15, -0.1) is 0 Å². The van der Waals surface area contributed by atoms with Crippen LogP contribution in [0, 0.1) is 11.3 Å². The van der Waals surface area contributed by atoms with Crippen LogP contribution in [-0.4, -0.2) is 30.7 Å². The first-order valence-corrected chi connectivity index (χ1v) is 9.77. The minimum absolute atomic E-state index is 0.232. The Labute approximate surface area is 179 Å². The van der Waals surface area contributed by atoms with Gasteiger partial charge in [-0.05, 0) is 34.5 Å². The number of carbonyl (C=O) groups is 2. The van der Waals surface area contributed by atoms with Crippen molar-refractivity contribution in [1.82, 2.24) is 4.90 Å². The molecule has 6 heteroatoms. The molecule has 0 bridgehead atoms. The number of fused-ring (bicyclic) bond motifs is 1. The van der Waals surface area contributed by atoms with Gasteiger partial charge in [0.1, 0.15) is 6.29 Å². The second-order valence-corrected chi connectivity index (χ2v) is 7.59. The summed E-state index contributed by atoms with van der Waals surface area (Å²) >= 11 is 12.1. The summed E-state index contributed by atoms with van der Waals surface area (Å²) in [6.45, 7) is 0.295. The number of hydrogen-bond acceptors (Lipinski definition) is 3. The molecule has 3 aromatic rings. The Hall–Kier alpha value is -2.87. The van der Waals surface area contributed by atoms with Gasteiger partial charge in [0.15, 0.2) is 0 Å². The molecule has 3 rings (SSSR count). The van der Waals surface area contributed by atoms with E-state index in [0.717, 1.165) is 22.6 Å². The van der Waals surface area contributed by atoms with Crippen molar-refractivity contribution in [2.24, 2.45) is 0 Å². The van der Waals surface area contributed by atoms with E-state index in [1.807, 2.05) is 30.3 Å². The standard InChI is InChI=1S/C23H18Cl2N2O2/c1-27(14-18(10-11-28)16-8-9-20(24)21(25)12-16)23(29)22-17(13-26)7-6-15-4-2-3-5-19(15)22/h2-9,11-12,18H,10,14H2,1H3/t18-/m1/s1. The zero-order chi connectivity index (χ0) is 21.0. The van der Waals surface area contributed by atoms with Crippen LogP contribution in [0.2, 0.25) is 10.0 Å². The number of aldehydes is 1. The lowest BCUT2D eigenvalue weighted by Crippen LogP contribution is -2.32. The van der Waals surface area contributed by atoms with Gasteiger partial charge in [-0.25, -0.2) is 0 Å². The normalized spacial score (nSPS) is 11.7. The van der Waals surface area contributed by atoms with Crippen molar-refractivity contribution in [2.45, 2.75) is 12.3 Å². The minimum atomic E-state index is -0.269. The predicted octanol–water partition coefficient (Wildman–Crippen LogP) is 5.46. The van der Waals surface area contributed by atoms with Crippen molar-refractivity contribution >= 4 is 46.2 Å². The first-order valence-electron chi connectivity index (χ1n) is 9.02. The summed E-state index contributed by atoms with van der Waals surface area (Å²) < 4.78 is 0. The van der Waals surface area contributed by atoms with Gasteiger partial charge < -0.3 is 9.69 Å². The molecule has 29 heavy (non-hydrogen) atoms. The van der Waals surface area contributed by atoms with Crippen LogP contribution in [0.3, 0.4) is 0 Å². The molecule has 0 aliphatic heterocycles. The maximum atomic E-state index is 13.3. The Balaban J connectivity index is 1.95. The number of benzene rings is 3. The Kier molecular flexibility index (Phi) is 6.53. The van der Waals surface area contributed by atoms with E-state index in [2.05, 4.69) is 6.07 Å². The van der Waals surface area contributed by atoms with Gasteiger partial charge in [0.25, 0.3) is 5.91 Å². The van der Waals surface area contributed by atoms with Crippen molar-refractivity contribution < 1.29 is 9.59 Å². The van der Waals surface area contributed by atoms with Crippen molar-refractivity contribution in [3.8, 4) is 6.07 Å². The average Bonchev–Trinajstić information content (AvgIpc) is 2.73. The molecule has 3 aromatic carbocycles. The molecular formula is C23H18Cl2N2O2. The number of carbonyl (C=O) groups excluding carboxylic acids is 2. The third-order valence-corrected chi connectivity index (χ3v) is 5.64. The number of hydrogen-bond donors (Lipinski definition) is 0. The summed E-state index contributed by atoms with van der Waals surface area (Å²) in [6.07, 6.45) is 1.06. The van der Waals surface area contributed by atoms with E-state index in [4.69, 9.17) is 23.2 Å². The molecular weight excluding hydrogens is 407 g/mol. The van der Waals surface area contributed by atoms with E-state index >= 15 is 0 Å². The highest BCUT2D eigenvalue weighted by molar-refractivity contribution is 6.42. The number of amides is 1. The van der Waals surface area contributed by atoms with Crippen molar-refractivity contribution in [2.75, 3.05) is 13.6 Å². The van der Waals surface area contributed by atoms with Crippen LogP contribution in [0.25, 0.3) is 10.8 Å². The highest BCUT2D eigenvalue weighted by atomic mass is 35.5. The molecule has 0 unspecified atom stereocenters. The van der Waals surface area contributed by atoms with Gasteiger partial charge >= 0.3 is 0 Å². The lowest BCUT2D eigenvalue weighted by atomic mass is 9.94. The van der Waals surface area contributed by atoms with Gasteiger partial charge in [0.2, 0.25) is 0 Å². The molecule has 1 atom stereocenters. The van der Waals surface area contributed by atoms with Gasteiger partial charge in [-0.1, -0.05) is 59.6 Å². The third kappa shape index (κ3) is 4.42. The summed E-state index contributed by atoms with van der Waals surface area (Å²) in [6, 6.07) is 18.3. The number of nitriles is 1. The second kappa shape index (κ2) is 9.09. The monoisotopic (exact) mass is 424 g/mol. The third-order valence-electron chi connectivity index (χ3n) is 4.90. The molecule has 0 aromatic heterocycles. The van der Waals surface area contributed by atoms with Crippen LogP contribution in [0.5, 0.6) is 0 Å². The highest BCUT2D eigenvalue weighted by Gasteiger charge is 2.23. The molecule has 0 N–H and O–H groups in total. The minimum Gasteiger partial charge on any atom is -0.341 e. The van der Waals surface area contributed by atoms with E-state index in [-0.39, 0.29) is 18.2 Å². The summed E-state index contributed by atoms with van der Waals surface area (Å²) in [7, 11) is 1.67. The number of rotatable bonds is 6.